The molecule has 15 heavy (non-hydrogen) atoms. The highest BCUT2D eigenvalue weighted by atomic mass is 16.5. The van der Waals surface area contributed by atoms with Gasteiger partial charge in [-0.3, -0.25) is 0 Å². The van der Waals surface area contributed by atoms with Gasteiger partial charge in [0.25, 0.3) is 0 Å². The molecule has 0 bridgehead atoms. The molecule has 1 rings (SSSR count). The van der Waals surface area contributed by atoms with Crippen LogP contribution in [0.4, 0.5) is 0 Å². The van der Waals surface area contributed by atoms with Crippen molar-refractivity contribution in [3.63, 3.8) is 0 Å². The predicted molar refractivity (Wildman–Crippen MR) is 58.9 cm³/mol. The van der Waals surface area contributed by atoms with Gasteiger partial charge in [-0.15, -0.1) is 0 Å². The summed E-state index contributed by atoms with van der Waals surface area (Å²) in [5, 5.41) is 12.9. The molecule has 2 N–H and O–H groups in total. The molecule has 0 amide bonds. The second-order valence-corrected chi connectivity index (χ2v) is 4.33. The molecule has 1 unspecified atom stereocenters. The van der Waals surface area contributed by atoms with Crippen molar-refractivity contribution < 1.29 is 14.6 Å². The number of aliphatic hydroxyl groups excluding tert-OH is 1. The minimum Gasteiger partial charge on any atom is -0.389 e. The minimum atomic E-state index is -0.407. The first-order valence-electron chi connectivity index (χ1n) is 5.79. The van der Waals surface area contributed by atoms with E-state index >= 15 is 0 Å². The Morgan fingerprint density at radius 1 is 1.40 bits per heavy atom. The van der Waals surface area contributed by atoms with E-state index in [1.165, 1.54) is 0 Å². The Bertz CT molecular complexity index is 158. The molecular weight excluding hydrogens is 194 g/mol. The van der Waals surface area contributed by atoms with Crippen LogP contribution in [0.1, 0.15) is 26.7 Å². The summed E-state index contributed by atoms with van der Waals surface area (Å²) in [7, 11) is 0. The van der Waals surface area contributed by atoms with Gasteiger partial charge in [0.15, 0.2) is 0 Å². The standard InChI is InChI=1S/C11H23NO3/c1-9(2)15-8-11(13)7-12-10-3-5-14-6-4-10/h9-13H,3-8H2,1-2H3. The summed E-state index contributed by atoms with van der Waals surface area (Å²) in [6, 6.07) is 0.493. The zero-order valence-corrected chi connectivity index (χ0v) is 9.74. The second-order valence-electron chi connectivity index (χ2n) is 4.33. The van der Waals surface area contributed by atoms with E-state index in [2.05, 4.69) is 5.32 Å². The average Bonchev–Trinajstić information content (AvgIpc) is 2.25. The van der Waals surface area contributed by atoms with Gasteiger partial charge in [0.05, 0.1) is 18.8 Å². The first-order valence-corrected chi connectivity index (χ1v) is 5.79. The Morgan fingerprint density at radius 3 is 2.67 bits per heavy atom. The Morgan fingerprint density at radius 2 is 2.07 bits per heavy atom. The molecule has 0 saturated carbocycles. The van der Waals surface area contributed by atoms with Crippen LogP contribution in [0.25, 0.3) is 0 Å². The van der Waals surface area contributed by atoms with E-state index in [1.54, 1.807) is 0 Å². The Hall–Kier alpha value is -0.160. The van der Waals surface area contributed by atoms with Gasteiger partial charge in [-0.1, -0.05) is 0 Å². The van der Waals surface area contributed by atoms with Gasteiger partial charge in [0.2, 0.25) is 0 Å². The van der Waals surface area contributed by atoms with E-state index in [4.69, 9.17) is 9.47 Å². The summed E-state index contributed by atoms with van der Waals surface area (Å²) in [4.78, 5) is 0. The molecule has 4 nitrogen and oxygen atoms in total. The molecule has 1 saturated heterocycles. The van der Waals surface area contributed by atoms with Gasteiger partial charge < -0.3 is 19.9 Å². The zero-order valence-electron chi connectivity index (χ0n) is 9.74. The Labute approximate surface area is 92.0 Å². The van der Waals surface area contributed by atoms with Crippen molar-refractivity contribution in [1.82, 2.24) is 5.32 Å². The van der Waals surface area contributed by atoms with Crippen molar-refractivity contribution in [3.05, 3.63) is 0 Å². The highest BCUT2D eigenvalue weighted by Crippen LogP contribution is 2.05. The van der Waals surface area contributed by atoms with Crippen LogP contribution in [0, 0.1) is 0 Å². The number of ether oxygens (including phenoxy) is 2. The summed E-state index contributed by atoms with van der Waals surface area (Å²) in [6.07, 6.45) is 1.85. The molecule has 0 aromatic heterocycles. The van der Waals surface area contributed by atoms with Crippen LogP contribution >= 0.6 is 0 Å². The number of nitrogens with one attached hydrogen (secondary N) is 1. The molecule has 1 aliphatic rings. The van der Waals surface area contributed by atoms with Gasteiger partial charge in [-0.05, 0) is 26.7 Å². The fourth-order valence-corrected chi connectivity index (χ4v) is 1.57. The quantitative estimate of drug-likeness (QED) is 0.682. The molecule has 4 heteroatoms. The highest BCUT2D eigenvalue weighted by Gasteiger charge is 2.14. The van der Waals surface area contributed by atoms with Crippen molar-refractivity contribution in [3.8, 4) is 0 Å². The van der Waals surface area contributed by atoms with E-state index in [0.29, 0.717) is 19.2 Å². The van der Waals surface area contributed by atoms with Crippen LogP contribution in [0.2, 0.25) is 0 Å². The molecule has 1 fully saturated rings. The lowest BCUT2D eigenvalue weighted by atomic mass is 10.1. The Balaban J connectivity index is 2.02. The van der Waals surface area contributed by atoms with Crippen molar-refractivity contribution >= 4 is 0 Å². The third-order valence-corrected chi connectivity index (χ3v) is 2.49. The fourth-order valence-electron chi connectivity index (χ4n) is 1.57. The fraction of sp³-hybridized carbons (Fsp3) is 1.00. The molecule has 1 atom stereocenters. The molecule has 0 radical (unpaired) electrons. The maximum absolute atomic E-state index is 9.61. The van der Waals surface area contributed by atoms with E-state index in [9.17, 15) is 5.11 Å². The number of hydrogen-bond donors (Lipinski definition) is 2. The maximum atomic E-state index is 9.61. The molecule has 0 spiro atoms. The van der Waals surface area contributed by atoms with E-state index in [-0.39, 0.29) is 6.10 Å². The number of rotatable bonds is 6. The molecule has 0 aromatic rings. The normalized spacial score (nSPS) is 20.8. The molecule has 1 aliphatic heterocycles. The lowest BCUT2D eigenvalue weighted by Crippen LogP contribution is -2.40. The van der Waals surface area contributed by atoms with Gasteiger partial charge in [-0.25, -0.2) is 0 Å². The molecule has 90 valence electrons. The van der Waals surface area contributed by atoms with Gasteiger partial charge in [0, 0.05) is 25.8 Å². The molecule has 0 aliphatic carbocycles. The van der Waals surface area contributed by atoms with Crippen LogP contribution in [0.3, 0.4) is 0 Å². The summed E-state index contributed by atoms with van der Waals surface area (Å²) >= 11 is 0. The van der Waals surface area contributed by atoms with Crippen LogP contribution < -0.4 is 5.32 Å². The summed E-state index contributed by atoms with van der Waals surface area (Å²) in [6.45, 7) is 6.62. The first kappa shape index (κ1) is 12.9. The minimum absolute atomic E-state index is 0.183. The maximum Gasteiger partial charge on any atom is 0.0897 e. The van der Waals surface area contributed by atoms with Crippen molar-refractivity contribution in [1.29, 1.82) is 0 Å². The van der Waals surface area contributed by atoms with Crippen LogP contribution in [0.15, 0.2) is 0 Å². The Kier molecular flexibility index (Phi) is 6.17. The monoisotopic (exact) mass is 217 g/mol. The van der Waals surface area contributed by atoms with Gasteiger partial charge >= 0.3 is 0 Å². The lowest BCUT2D eigenvalue weighted by molar-refractivity contribution is 0.00284. The smallest absolute Gasteiger partial charge is 0.0897 e. The van der Waals surface area contributed by atoms with Crippen molar-refractivity contribution in [2.45, 2.75) is 44.9 Å². The SMILES string of the molecule is CC(C)OCC(O)CNC1CCOCC1. The summed E-state index contributed by atoms with van der Waals surface area (Å²) in [5.74, 6) is 0. The molecule has 1 heterocycles. The second kappa shape index (κ2) is 7.17. The highest BCUT2D eigenvalue weighted by molar-refractivity contribution is 4.72. The summed E-state index contributed by atoms with van der Waals surface area (Å²) in [5.41, 5.74) is 0. The van der Waals surface area contributed by atoms with E-state index < -0.39 is 6.10 Å². The van der Waals surface area contributed by atoms with Gasteiger partial charge in [-0.2, -0.15) is 0 Å². The van der Waals surface area contributed by atoms with Crippen LogP contribution in [0.5, 0.6) is 0 Å². The lowest BCUT2D eigenvalue weighted by Gasteiger charge is -2.24. The first-order chi connectivity index (χ1) is 7.18. The number of aliphatic hydroxyl groups is 1. The van der Waals surface area contributed by atoms with Crippen molar-refractivity contribution in [2.24, 2.45) is 0 Å². The van der Waals surface area contributed by atoms with Gasteiger partial charge in [0.1, 0.15) is 0 Å². The third-order valence-electron chi connectivity index (χ3n) is 2.49. The predicted octanol–water partition coefficient (Wildman–Crippen LogP) is 0.541. The van der Waals surface area contributed by atoms with E-state index in [1.807, 2.05) is 13.8 Å². The third kappa shape index (κ3) is 6.10. The molecule has 0 aromatic carbocycles. The summed E-state index contributed by atoms with van der Waals surface area (Å²) < 4.78 is 10.6. The van der Waals surface area contributed by atoms with Crippen LogP contribution in [-0.4, -0.2) is 49.7 Å². The largest absolute Gasteiger partial charge is 0.389 e. The topological polar surface area (TPSA) is 50.7 Å². The average molecular weight is 217 g/mol. The zero-order chi connectivity index (χ0) is 11.1. The van der Waals surface area contributed by atoms with Crippen LogP contribution in [-0.2, 0) is 9.47 Å². The molecular formula is C11H23NO3. The van der Waals surface area contributed by atoms with E-state index in [0.717, 1.165) is 26.1 Å². The number of hydrogen-bond acceptors (Lipinski definition) is 4. The van der Waals surface area contributed by atoms with Crippen molar-refractivity contribution in [2.75, 3.05) is 26.4 Å².